The van der Waals surface area contributed by atoms with E-state index in [0.717, 1.165) is 12.1 Å². The van der Waals surface area contributed by atoms with Crippen molar-refractivity contribution in [2.45, 2.75) is 64.1 Å². The lowest BCUT2D eigenvalue weighted by molar-refractivity contribution is 0.0185. The highest BCUT2D eigenvalue weighted by atomic mass is 15.3. The molecule has 2 aliphatic rings. The molecule has 3 heteroatoms. The number of rotatable bonds is 6. The normalized spacial score (nSPS) is 27.3. The van der Waals surface area contributed by atoms with Crippen LogP contribution in [0.15, 0.2) is 0 Å². The monoisotopic (exact) mass is 253 g/mol. The highest BCUT2D eigenvalue weighted by molar-refractivity contribution is 4.90. The fourth-order valence-corrected chi connectivity index (χ4v) is 2.83. The number of hydrogen-bond donors (Lipinski definition) is 1. The topological polar surface area (TPSA) is 18.5 Å². The minimum Gasteiger partial charge on any atom is -0.314 e. The van der Waals surface area contributed by atoms with Crippen LogP contribution in [0.5, 0.6) is 0 Å². The predicted molar refractivity (Wildman–Crippen MR) is 78.0 cm³/mol. The van der Waals surface area contributed by atoms with E-state index >= 15 is 0 Å². The van der Waals surface area contributed by atoms with Crippen LogP contribution in [-0.4, -0.2) is 60.6 Å². The third kappa shape index (κ3) is 3.94. The van der Waals surface area contributed by atoms with Gasteiger partial charge in [0.1, 0.15) is 0 Å². The molecule has 2 fully saturated rings. The summed E-state index contributed by atoms with van der Waals surface area (Å²) >= 11 is 0. The van der Waals surface area contributed by atoms with Crippen LogP contribution in [0, 0.1) is 0 Å². The summed E-state index contributed by atoms with van der Waals surface area (Å²) in [5.74, 6) is 0. The van der Waals surface area contributed by atoms with Crippen molar-refractivity contribution in [1.29, 1.82) is 0 Å². The third-order valence-corrected chi connectivity index (χ3v) is 4.78. The first-order chi connectivity index (χ1) is 8.49. The zero-order chi connectivity index (χ0) is 13.2. The van der Waals surface area contributed by atoms with Crippen LogP contribution in [0.2, 0.25) is 0 Å². The Morgan fingerprint density at radius 3 is 2.61 bits per heavy atom. The first-order valence-corrected chi connectivity index (χ1v) is 7.68. The molecule has 0 amide bonds. The maximum atomic E-state index is 3.61. The van der Waals surface area contributed by atoms with Gasteiger partial charge in [-0.05, 0) is 60.0 Å². The van der Waals surface area contributed by atoms with E-state index in [2.05, 4.69) is 42.9 Å². The lowest BCUT2D eigenvalue weighted by Gasteiger charge is -2.47. The van der Waals surface area contributed by atoms with Crippen molar-refractivity contribution < 1.29 is 0 Å². The van der Waals surface area contributed by atoms with E-state index in [1.165, 1.54) is 51.9 Å². The molecule has 0 aromatic rings. The van der Waals surface area contributed by atoms with Crippen LogP contribution in [0.25, 0.3) is 0 Å². The Kier molecular flexibility index (Phi) is 4.68. The summed E-state index contributed by atoms with van der Waals surface area (Å²) in [5, 5.41) is 3.61. The van der Waals surface area contributed by atoms with Crippen LogP contribution in [0.3, 0.4) is 0 Å². The van der Waals surface area contributed by atoms with Crippen molar-refractivity contribution >= 4 is 0 Å². The third-order valence-electron chi connectivity index (χ3n) is 4.78. The van der Waals surface area contributed by atoms with E-state index < -0.39 is 0 Å². The summed E-state index contributed by atoms with van der Waals surface area (Å²) < 4.78 is 0. The molecule has 3 nitrogen and oxygen atoms in total. The average Bonchev–Trinajstić information content (AvgIpc) is 3.11. The second kappa shape index (κ2) is 5.89. The van der Waals surface area contributed by atoms with Crippen molar-refractivity contribution in [2.24, 2.45) is 0 Å². The lowest BCUT2D eigenvalue weighted by atomic mass is 9.97. The highest BCUT2D eigenvalue weighted by Crippen LogP contribution is 2.22. The highest BCUT2D eigenvalue weighted by Gasteiger charge is 2.32. The van der Waals surface area contributed by atoms with E-state index in [9.17, 15) is 0 Å². The minimum absolute atomic E-state index is 0.332. The van der Waals surface area contributed by atoms with Gasteiger partial charge in [-0.2, -0.15) is 0 Å². The zero-order valence-corrected chi connectivity index (χ0v) is 12.7. The Bertz CT molecular complexity index is 260. The molecule has 106 valence electrons. The molecule has 1 heterocycles. The summed E-state index contributed by atoms with van der Waals surface area (Å²) in [5.41, 5.74) is 0.332. The van der Waals surface area contributed by atoms with E-state index in [0.29, 0.717) is 5.54 Å². The Morgan fingerprint density at radius 2 is 2.00 bits per heavy atom. The maximum Gasteiger partial charge on any atom is 0.0277 e. The molecule has 1 N–H and O–H groups in total. The first-order valence-electron chi connectivity index (χ1n) is 7.68. The van der Waals surface area contributed by atoms with Crippen LogP contribution in [-0.2, 0) is 0 Å². The Labute approximate surface area is 113 Å². The Hall–Kier alpha value is -0.120. The molecular formula is C15H31N3. The number of hydrogen-bond acceptors (Lipinski definition) is 3. The van der Waals surface area contributed by atoms with Gasteiger partial charge in [0.05, 0.1) is 0 Å². The molecule has 1 unspecified atom stereocenters. The molecule has 0 aromatic heterocycles. The van der Waals surface area contributed by atoms with Gasteiger partial charge in [-0.15, -0.1) is 0 Å². The number of piperazine rings is 1. The molecule has 0 aromatic carbocycles. The lowest BCUT2D eigenvalue weighted by Crippen LogP contribution is -2.59. The molecular weight excluding hydrogens is 222 g/mol. The van der Waals surface area contributed by atoms with Gasteiger partial charge in [-0.1, -0.05) is 0 Å². The largest absolute Gasteiger partial charge is 0.314 e. The van der Waals surface area contributed by atoms with E-state index in [4.69, 9.17) is 0 Å². The second-order valence-electron chi connectivity index (χ2n) is 6.92. The number of nitrogens with zero attached hydrogens (tertiary/aromatic N) is 2. The van der Waals surface area contributed by atoms with Crippen molar-refractivity contribution in [1.82, 2.24) is 15.1 Å². The molecule has 0 spiro atoms. The van der Waals surface area contributed by atoms with Crippen molar-refractivity contribution in [3.8, 4) is 0 Å². The van der Waals surface area contributed by atoms with Gasteiger partial charge in [0, 0.05) is 37.3 Å². The molecule has 1 aliphatic carbocycles. The van der Waals surface area contributed by atoms with Crippen LogP contribution < -0.4 is 5.32 Å². The van der Waals surface area contributed by atoms with Crippen LogP contribution in [0.4, 0.5) is 0 Å². The predicted octanol–water partition coefficient (Wildman–Crippen LogP) is 1.93. The summed E-state index contributed by atoms with van der Waals surface area (Å²) in [7, 11) is 2.25. The van der Waals surface area contributed by atoms with Gasteiger partial charge in [0.15, 0.2) is 0 Å². The maximum absolute atomic E-state index is 3.61. The molecule has 0 bridgehead atoms. The van der Waals surface area contributed by atoms with Gasteiger partial charge in [-0.3, -0.25) is 9.80 Å². The van der Waals surface area contributed by atoms with Crippen molar-refractivity contribution in [2.75, 3.05) is 33.2 Å². The van der Waals surface area contributed by atoms with E-state index in [-0.39, 0.29) is 0 Å². The quantitative estimate of drug-likeness (QED) is 0.730. The Morgan fingerprint density at radius 1 is 1.28 bits per heavy atom. The fraction of sp³-hybridized carbons (Fsp3) is 1.00. The van der Waals surface area contributed by atoms with Crippen molar-refractivity contribution in [3.05, 3.63) is 0 Å². The summed E-state index contributed by atoms with van der Waals surface area (Å²) in [6.07, 6.45) is 5.47. The zero-order valence-electron chi connectivity index (χ0n) is 12.7. The van der Waals surface area contributed by atoms with Crippen LogP contribution in [0.1, 0.15) is 46.5 Å². The van der Waals surface area contributed by atoms with E-state index in [1.54, 1.807) is 0 Å². The van der Waals surface area contributed by atoms with Gasteiger partial charge < -0.3 is 5.32 Å². The SMILES string of the molecule is CC(CCCNC1CC1)N1CCN(C)C(C)(C)C1. The Balaban J connectivity index is 1.66. The molecule has 2 rings (SSSR count). The van der Waals surface area contributed by atoms with Gasteiger partial charge >= 0.3 is 0 Å². The fourth-order valence-electron chi connectivity index (χ4n) is 2.83. The molecule has 1 saturated heterocycles. The molecule has 1 aliphatic heterocycles. The first kappa shape index (κ1) is 14.3. The molecule has 1 saturated carbocycles. The van der Waals surface area contributed by atoms with Crippen molar-refractivity contribution in [3.63, 3.8) is 0 Å². The van der Waals surface area contributed by atoms with Crippen LogP contribution >= 0.6 is 0 Å². The summed E-state index contributed by atoms with van der Waals surface area (Å²) in [4.78, 5) is 5.17. The summed E-state index contributed by atoms with van der Waals surface area (Å²) in [6.45, 7) is 12.0. The molecule has 18 heavy (non-hydrogen) atoms. The van der Waals surface area contributed by atoms with Gasteiger partial charge in [0.2, 0.25) is 0 Å². The average molecular weight is 253 g/mol. The van der Waals surface area contributed by atoms with Gasteiger partial charge in [0.25, 0.3) is 0 Å². The number of nitrogens with one attached hydrogen (secondary N) is 1. The van der Waals surface area contributed by atoms with Gasteiger partial charge in [-0.25, -0.2) is 0 Å². The summed E-state index contributed by atoms with van der Waals surface area (Å²) in [6, 6.07) is 1.60. The minimum atomic E-state index is 0.332. The molecule has 0 radical (unpaired) electrons. The second-order valence-corrected chi connectivity index (χ2v) is 6.92. The molecule has 1 atom stereocenters. The number of likely N-dealkylation sites (N-methyl/N-ethyl adjacent to an activating group) is 1. The standard InChI is InChI=1S/C15H31N3/c1-13(6-5-9-16-14-7-8-14)18-11-10-17(4)15(2,3)12-18/h13-14,16H,5-12H2,1-4H3. The smallest absolute Gasteiger partial charge is 0.0277 e. The van der Waals surface area contributed by atoms with E-state index in [1.807, 2.05) is 0 Å².